The fraction of sp³-hybridized carbons (Fsp3) is 0.900. The van der Waals surface area contributed by atoms with E-state index in [0.717, 1.165) is 5.92 Å². The summed E-state index contributed by atoms with van der Waals surface area (Å²) in [6.07, 6.45) is 4.22. The molecule has 11 heavy (non-hydrogen) atoms. The molecule has 0 N–H and O–H groups in total. The fourth-order valence-corrected chi connectivity index (χ4v) is 1.61. The van der Waals surface area contributed by atoms with Gasteiger partial charge in [0.15, 0.2) is 0 Å². The average molecular weight is 154 g/mol. The van der Waals surface area contributed by atoms with Gasteiger partial charge in [0.2, 0.25) is 0 Å². The predicted octanol–water partition coefficient (Wildman–Crippen LogP) is 2.68. The topological polar surface area (TPSA) is 3.24 Å². The largest absolute Gasteiger partial charge is 0.296 e. The second-order valence-corrected chi connectivity index (χ2v) is 3.84. The van der Waals surface area contributed by atoms with Gasteiger partial charge in [-0.15, -0.1) is 0 Å². The van der Waals surface area contributed by atoms with Crippen molar-refractivity contribution >= 4 is 0 Å². The minimum atomic E-state index is 0.730. The monoisotopic (exact) mass is 154 g/mol. The minimum Gasteiger partial charge on any atom is -0.296 e. The van der Waals surface area contributed by atoms with Crippen molar-refractivity contribution in [3.8, 4) is 0 Å². The zero-order valence-electron chi connectivity index (χ0n) is 8.06. The minimum absolute atomic E-state index is 0.730. The molecule has 0 aromatic heterocycles. The van der Waals surface area contributed by atoms with Crippen LogP contribution in [0.5, 0.6) is 0 Å². The Balaban J connectivity index is 2.32. The molecule has 1 fully saturated rings. The molecule has 1 aliphatic heterocycles. The summed E-state index contributed by atoms with van der Waals surface area (Å²) in [5.41, 5.74) is 0. The summed E-state index contributed by atoms with van der Waals surface area (Å²) in [4.78, 5) is 2.55. The van der Waals surface area contributed by atoms with Crippen LogP contribution in [0, 0.1) is 12.0 Å². The zero-order valence-corrected chi connectivity index (χ0v) is 8.06. The summed E-state index contributed by atoms with van der Waals surface area (Å²) in [7, 11) is 0. The van der Waals surface area contributed by atoms with Gasteiger partial charge >= 0.3 is 0 Å². The van der Waals surface area contributed by atoms with Crippen molar-refractivity contribution in [2.75, 3.05) is 13.1 Å². The lowest BCUT2D eigenvalue weighted by Crippen LogP contribution is -2.34. The number of hydrogen-bond acceptors (Lipinski definition) is 1. The highest BCUT2D eigenvalue weighted by Crippen LogP contribution is 2.22. The molecule has 0 atom stereocenters. The Morgan fingerprint density at radius 3 is 2.09 bits per heavy atom. The molecule has 1 heterocycles. The molecule has 0 unspecified atom stereocenters. The summed E-state index contributed by atoms with van der Waals surface area (Å²) >= 11 is 0. The van der Waals surface area contributed by atoms with E-state index in [0.29, 0.717) is 0 Å². The lowest BCUT2D eigenvalue weighted by atomic mass is 10.0. The normalized spacial score (nSPS) is 21.5. The maximum absolute atomic E-state index is 2.55. The highest BCUT2D eigenvalue weighted by atomic mass is 15.2. The van der Waals surface area contributed by atoms with E-state index in [2.05, 4.69) is 25.7 Å². The van der Waals surface area contributed by atoms with Crippen molar-refractivity contribution < 1.29 is 0 Å². The Labute approximate surface area is 70.8 Å². The van der Waals surface area contributed by atoms with Crippen molar-refractivity contribution in [3.05, 3.63) is 6.04 Å². The van der Waals surface area contributed by atoms with Gasteiger partial charge < -0.3 is 0 Å². The predicted molar refractivity (Wildman–Crippen MR) is 49.2 cm³/mol. The lowest BCUT2D eigenvalue weighted by Gasteiger charge is -2.33. The Kier molecular flexibility index (Phi) is 3.38. The van der Waals surface area contributed by atoms with Gasteiger partial charge in [-0.05, 0) is 38.8 Å². The quantitative estimate of drug-likeness (QED) is 0.591. The van der Waals surface area contributed by atoms with E-state index in [9.17, 15) is 0 Å². The molecule has 1 rings (SSSR count). The number of rotatable bonds is 2. The van der Waals surface area contributed by atoms with Crippen LogP contribution in [0.4, 0.5) is 0 Å². The molecule has 1 aliphatic rings. The number of piperidine rings is 1. The zero-order chi connectivity index (χ0) is 8.27. The van der Waals surface area contributed by atoms with Crippen molar-refractivity contribution in [3.63, 3.8) is 0 Å². The lowest BCUT2D eigenvalue weighted by molar-refractivity contribution is 0.212. The molecule has 0 aromatic rings. The first kappa shape index (κ1) is 9.05. The molecule has 1 heteroatoms. The van der Waals surface area contributed by atoms with Gasteiger partial charge in [-0.25, -0.2) is 0 Å². The SMILES string of the molecule is C[C](C(C)C)N1CCCCC1. The van der Waals surface area contributed by atoms with Crippen molar-refractivity contribution in [2.24, 2.45) is 5.92 Å². The second-order valence-electron chi connectivity index (χ2n) is 3.84. The molecule has 65 valence electrons. The number of nitrogens with zero attached hydrogens (tertiary/aromatic N) is 1. The van der Waals surface area contributed by atoms with E-state index >= 15 is 0 Å². The van der Waals surface area contributed by atoms with Crippen LogP contribution in [0.2, 0.25) is 0 Å². The Morgan fingerprint density at radius 2 is 1.64 bits per heavy atom. The summed E-state index contributed by atoms with van der Waals surface area (Å²) < 4.78 is 0. The Morgan fingerprint density at radius 1 is 1.09 bits per heavy atom. The highest BCUT2D eigenvalue weighted by Gasteiger charge is 2.19. The molecule has 0 aromatic carbocycles. The molecule has 1 radical (unpaired) electrons. The molecular weight excluding hydrogens is 134 g/mol. The first-order chi connectivity index (χ1) is 5.22. The van der Waals surface area contributed by atoms with Crippen LogP contribution in [0.25, 0.3) is 0 Å². The van der Waals surface area contributed by atoms with E-state index in [1.165, 1.54) is 32.4 Å². The highest BCUT2D eigenvalue weighted by molar-refractivity contribution is 4.89. The van der Waals surface area contributed by atoms with Crippen molar-refractivity contribution in [1.82, 2.24) is 4.90 Å². The smallest absolute Gasteiger partial charge is 0.0387 e. The van der Waals surface area contributed by atoms with Crippen LogP contribution < -0.4 is 0 Å². The van der Waals surface area contributed by atoms with Gasteiger partial charge in [0, 0.05) is 6.04 Å². The Hall–Kier alpha value is -0.0400. The van der Waals surface area contributed by atoms with Crippen LogP contribution in [-0.4, -0.2) is 18.0 Å². The maximum atomic E-state index is 2.55. The average Bonchev–Trinajstić information content (AvgIpc) is 2.05. The molecule has 0 saturated carbocycles. The van der Waals surface area contributed by atoms with E-state index in [1.807, 2.05) is 0 Å². The van der Waals surface area contributed by atoms with Crippen LogP contribution in [-0.2, 0) is 0 Å². The van der Waals surface area contributed by atoms with E-state index in [4.69, 9.17) is 0 Å². The first-order valence-corrected chi connectivity index (χ1v) is 4.80. The van der Waals surface area contributed by atoms with Gasteiger partial charge in [0.05, 0.1) is 0 Å². The third kappa shape index (κ3) is 2.48. The summed E-state index contributed by atoms with van der Waals surface area (Å²) in [5, 5.41) is 0. The molecule has 0 amide bonds. The van der Waals surface area contributed by atoms with E-state index in [1.54, 1.807) is 6.04 Å². The molecule has 0 aliphatic carbocycles. The van der Waals surface area contributed by atoms with Crippen LogP contribution in [0.1, 0.15) is 40.0 Å². The van der Waals surface area contributed by atoms with Gasteiger partial charge in [0.1, 0.15) is 0 Å². The molecule has 1 saturated heterocycles. The fourth-order valence-electron chi connectivity index (χ4n) is 1.61. The number of hydrogen-bond donors (Lipinski definition) is 0. The van der Waals surface area contributed by atoms with Gasteiger partial charge in [0.25, 0.3) is 0 Å². The third-order valence-electron chi connectivity index (χ3n) is 2.69. The van der Waals surface area contributed by atoms with Crippen LogP contribution in [0.3, 0.4) is 0 Å². The van der Waals surface area contributed by atoms with E-state index < -0.39 is 0 Å². The van der Waals surface area contributed by atoms with Gasteiger partial charge in [-0.2, -0.15) is 0 Å². The van der Waals surface area contributed by atoms with Crippen LogP contribution >= 0.6 is 0 Å². The summed E-state index contributed by atoms with van der Waals surface area (Å²) in [6, 6.07) is 1.57. The molecular formula is C10H20N. The van der Waals surface area contributed by atoms with Gasteiger partial charge in [-0.1, -0.05) is 20.3 Å². The molecule has 0 spiro atoms. The summed E-state index contributed by atoms with van der Waals surface area (Å²) in [5.74, 6) is 0.730. The van der Waals surface area contributed by atoms with Crippen molar-refractivity contribution in [2.45, 2.75) is 40.0 Å². The van der Waals surface area contributed by atoms with E-state index in [-0.39, 0.29) is 0 Å². The van der Waals surface area contributed by atoms with Gasteiger partial charge in [-0.3, -0.25) is 4.90 Å². The molecule has 1 nitrogen and oxygen atoms in total. The van der Waals surface area contributed by atoms with Crippen LogP contribution in [0.15, 0.2) is 0 Å². The third-order valence-corrected chi connectivity index (χ3v) is 2.69. The first-order valence-electron chi connectivity index (χ1n) is 4.80. The second kappa shape index (κ2) is 4.10. The summed E-state index contributed by atoms with van der Waals surface area (Å²) in [6.45, 7) is 9.43. The maximum Gasteiger partial charge on any atom is 0.0387 e. The van der Waals surface area contributed by atoms with Crippen molar-refractivity contribution in [1.29, 1.82) is 0 Å². The number of likely N-dealkylation sites (tertiary alicyclic amines) is 1. The Bertz CT molecular complexity index is 103. The molecule has 0 bridgehead atoms. The standard InChI is InChI=1S/C10H20N/c1-9(2)10(3)11-7-5-4-6-8-11/h9H,4-8H2,1-3H3.